The monoisotopic (exact) mass is 447 g/mol. The van der Waals surface area contributed by atoms with Crippen molar-refractivity contribution >= 4 is 56.6 Å². The van der Waals surface area contributed by atoms with Crippen LogP contribution in [0.5, 0.6) is 0 Å². The molecule has 0 saturated carbocycles. The maximum absolute atomic E-state index is 12.3. The number of aryl methyl sites for hydroxylation is 1. The van der Waals surface area contributed by atoms with Crippen molar-refractivity contribution in [2.45, 2.75) is 19.4 Å². The van der Waals surface area contributed by atoms with Crippen LogP contribution in [0.25, 0.3) is 16.7 Å². The molecule has 0 bridgehead atoms. The SMILES string of the molecule is O=c1[nH]c2cc([N+](=O)[O-])c(-n3ccnc3)cc2n(CCCCNS(=O)(=O)O)c1=O.[Na]. The molecule has 15 heteroatoms. The van der Waals surface area contributed by atoms with Gasteiger partial charge in [-0.2, -0.15) is 13.1 Å². The predicted molar refractivity (Wildman–Crippen MR) is 107 cm³/mol. The zero-order valence-corrected chi connectivity index (χ0v) is 18.6. The fourth-order valence-corrected chi connectivity index (χ4v) is 3.27. The Balaban J connectivity index is 0.00000320. The van der Waals surface area contributed by atoms with Gasteiger partial charge in [0.15, 0.2) is 0 Å². The molecule has 13 nitrogen and oxygen atoms in total. The van der Waals surface area contributed by atoms with E-state index in [9.17, 15) is 28.1 Å². The summed E-state index contributed by atoms with van der Waals surface area (Å²) in [5, 5.41) is 11.5. The first-order valence-electron chi connectivity index (χ1n) is 8.33. The van der Waals surface area contributed by atoms with Gasteiger partial charge in [0, 0.05) is 61.1 Å². The van der Waals surface area contributed by atoms with Crippen molar-refractivity contribution in [2.24, 2.45) is 0 Å². The van der Waals surface area contributed by atoms with E-state index in [2.05, 4.69) is 9.97 Å². The Kier molecular flexibility index (Phi) is 7.68. The molecule has 155 valence electrons. The minimum absolute atomic E-state index is 0. The number of nitro benzene ring substituents is 1. The quantitative estimate of drug-likeness (QED) is 0.104. The van der Waals surface area contributed by atoms with E-state index >= 15 is 0 Å². The molecule has 1 radical (unpaired) electrons. The molecule has 30 heavy (non-hydrogen) atoms. The Morgan fingerprint density at radius 2 is 2.00 bits per heavy atom. The molecule has 3 N–H and O–H groups in total. The van der Waals surface area contributed by atoms with Crippen molar-refractivity contribution in [1.29, 1.82) is 0 Å². The van der Waals surface area contributed by atoms with Gasteiger partial charge in [0.1, 0.15) is 5.69 Å². The number of imidazole rings is 1. The van der Waals surface area contributed by atoms with Crippen LogP contribution in [-0.4, -0.2) is 73.1 Å². The molecular weight excluding hydrogens is 431 g/mol. The average Bonchev–Trinajstić information content (AvgIpc) is 3.17. The van der Waals surface area contributed by atoms with Gasteiger partial charge in [-0.3, -0.25) is 24.3 Å². The third-order valence-electron chi connectivity index (χ3n) is 4.14. The molecule has 2 heterocycles. The molecule has 0 atom stereocenters. The number of rotatable bonds is 8. The van der Waals surface area contributed by atoms with Gasteiger partial charge in [0.25, 0.3) is 5.69 Å². The fourth-order valence-electron chi connectivity index (χ4n) is 2.87. The van der Waals surface area contributed by atoms with E-state index in [0.717, 1.165) is 0 Å². The molecule has 0 amide bonds. The van der Waals surface area contributed by atoms with Gasteiger partial charge in [-0.05, 0) is 18.9 Å². The van der Waals surface area contributed by atoms with Gasteiger partial charge in [-0.1, -0.05) is 0 Å². The van der Waals surface area contributed by atoms with Crippen LogP contribution in [0.1, 0.15) is 12.8 Å². The second kappa shape index (κ2) is 9.63. The second-order valence-corrected chi connectivity index (χ2v) is 7.31. The molecule has 0 unspecified atom stereocenters. The normalized spacial score (nSPS) is 11.4. The molecule has 3 aromatic rings. The zero-order chi connectivity index (χ0) is 21.2. The molecule has 3 rings (SSSR count). The van der Waals surface area contributed by atoms with Crippen molar-refractivity contribution < 1.29 is 17.9 Å². The summed E-state index contributed by atoms with van der Waals surface area (Å²) in [6.07, 6.45) is 4.89. The fraction of sp³-hybridized carbons (Fsp3) is 0.267. The predicted octanol–water partition coefficient (Wildman–Crippen LogP) is -0.424. The van der Waals surface area contributed by atoms with Gasteiger partial charge in [0.2, 0.25) is 0 Å². The number of aromatic amines is 1. The van der Waals surface area contributed by atoms with E-state index < -0.39 is 26.3 Å². The Bertz CT molecular complexity index is 1280. The Morgan fingerprint density at radius 1 is 1.27 bits per heavy atom. The number of H-pyrrole nitrogens is 1. The number of benzene rings is 1. The van der Waals surface area contributed by atoms with E-state index in [-0.39, 0.29) is 71.5 Å². The van der Waals surface area contributed by atoms with Gasteiger partial charge in [0.05, 0.1) is 22.3 Å². The summed E-state index contributed by atoms with van der Waals surface area (Å²) < 4.78 is 34.4. The first-order chi connectivity index (χ1) is 13.7. The number of unbranched alkanes of at least 4 members (excludes halogenated alkanes) is 1. The summed E-state index contributed by atoms with van der Waals surface area (Å²) in [5.74, 6) is 0. The summed E-state index contributed by atoms with van der Waals surface area (Å²) in [5.41, 5.74) is -1.52. The first kappa shape index (κ1) is 23.9. The average molecular weight is 447 g/mol. The number of nitrogens with zero attached hydrogens (tertiary/aromatic N) is 4. The second-order valence-electron chi connectivity index (χ2n) is 6.07. The molecule has 0 aliphatic carbocycles. The number of hydrogen-bond acceptors (Lipinski definition) is 7. The first-order valence-corrected chi connectivity index (χ1v) is 9.77. The maximum atomic E-state index is 12.3. The van der Waals surface area contributed by atoms with Crippen LogP contribution in [0.2, 0.25) is 0 Å². The van der Waals surface area contributed by atoms with E-state index in [1.54, 1.807) is 0 Å². The third-order valence-corrected chi connectivity index (χ3v) is 4.71. The van der Waals surface area contributed by atoms with Crippen LogP contribution in [0.15, 0.2) is 40.4 Å². The Morgan fingerprint density at radius 3 is 2.60 bits per heavy atom. The zero-order valence-electron chi connectivity index (χ0n) is 15.8. The summed E-state index contributed by atoms with van der Waals surface area (Å²) in [6, 6.07) is 2.57. The van der Waals surface area contributed by atoms with Crippen molar-refractivity contribution in [2.75, 3.05) is 6.54 Å². The topological polar surface area (TPSA) is 182 Å². The van der Waals surface area contributed by atoms with Crippen LogP contribution in [-0.2, 0) is 16.8 Å². The van der Waals surface area contributed by atoms with Crippen LogP contribution in [0, 0.1) is 10.1 Å². The molecule has 0 fully saturated rings. The van der Waals surface area contributed by atoms with Crippen LogP contribution >= 0.6 is 0 Å². The summed E-state index contributed by atoms with van der Waals surface area (Å²) >= 11 is 0. The van der Waals surface area contributed by atoms with Gasteiger partial charge < -0.3 is 14.1 Å². The molecule has 0 saturated heterocycles. The number of nitrogens with one attached hydrogen (secondary N) is 2. The van der Waals surface area contributed by atoms with Crippen molar-refractivity contribution in [3.63, 3.8) is 0 Å². The molecule has 2 aromatic heterocycles. The standard InChI is InChI=1S/C15H16N6O7S.Na/c22-14-15(23)20(5-2-1-3-17-29(26,27)28)11-8-12(19-6-4-16-9-19)13(21(24)25)7-10(11)18-14;/h4,6-9,17H,1-3,5H2,(H,18,22)(H,26,27,28);. The minimum atomic E-state index is -4.31. The number of nitro groups is 1. The molecule has 0 aliphatic rings. The Labute approximate surface area is 191 Å². The molecular formula is C15H16N6NaO7S. The maximum Gasteiger partial charge on any atom is 0.333 e. The molecule has 0 aliphatic heterocycles. The summed E-state index contributed by atoms with van der Waals surface area (Å²) in [4.78, 5) is 41.4. The van der Waals surface area contributed by atoms with Crippen molar-refractivity contribution in [3.05, 3.63) is 61.7 Å². The van der Waals surface area contributed by atoms with Gasteiger partial charge in [-0.15, -0.1) is 0 Å². The Hall–Kier alpha value is -2.36. The largest absolute Gasteiger partial charge is 0.333 e. The smallest absolute Gasteiger partial charge is 0.316 e. The van der Waals surface area contributed by atoms with Crippen LogP contribution in [0.4, 0.5) is 5.69 Å². The van der Waals surface area contributed by atoms with Gasteiger partial charge >= 0.3 is 21.4 Å². The minimum Gasteiger partial charge on any atom is -0.316 e. The number of aromatic nitrogens is 4. The number of fused-ring (bicyclic) bond motifs is 1. The summed E-state index contributed by atoms with van der Waals surface area (Å²) in [6.45, 7) is 0.00799. The van der Waals surface area contributed by atoms with E-state index in [0.29, 0.717) is 6.42 Å². The van der Waals surface area contributed by atoms with Crippen molar-refractivity contribution in [1.82, 2.24) is 23.8 Å². The number of hydrogen-bond donors (Lipinski definition) is 3. The van der Waals surface area contributed by atoms with Gasteiger partial charge in [-0.25, -0.2) is 4.98 Å². The van der Waals surface area contributed by atoms with Crippen LogP contribution in [0.3, 0.4) is 0 Å². The van der Waals surface area contributed by atoms with Crippen LogP contribution < -0.4 is 15.8 Å². The molecule has 1 aromatic carbocycles. The van der Waals surface area contributed by atoms with E-state index in [1.165, 1.54) is 40.0 Å². The van der Waals surface area contributed by atoms with E-state index in [4.69, 9.17) is 4.55 Å². The molecule has 0 spiro atoms. The van der Waals surface area contributed by atoms with E-state index in [1.807, 2.05) is 4.72 Å². The summed E-state index contributed by atoms with van der Waals surface area (Å²) in [7, 11) is -4.31. The third kappa shape index (κ3) is 5.41. The van der Waals surface area contributed by atoms with Crippen molar-refractivity contribution in [3.8, 4) is 5.69 Å².